The van der Waals surface area contributed by atoms with E-state index in [-0.39, 0.29) is 23.6 Å². The molecule has 0 radical (unpaired) electrons. The van der Waals surface area contributed by atoms with Gasteiger partial charge in [-0.1, -0.05) is 0 Å². The third-order valence-electron chi connectivity index (χ3n) is 4.00. The minimum absolute atomic E-state index is 0.0524. The van der Waals surface area contributed by atoms with Crippen molar-refractivity contribution in [1.29, 1.82) is 0 Å². The highest BCUT2D eigenvalue weighted by molar-refractivity contribution is 5.81. The van der Waals surface area contributed by atoms with Gasteiger partial charge < -0.3 is 25.1 Å². The number of nitrogens with two attached hydrogens (primary N) is 1. The molecule has 4 rings (SSSR count). The fraction of sp³-hybridized carbons (Fsp3) is 0.615. The van der Waals surface area contributed by atoms with Crippen molar-refractivity contribution < 1.29 is 23.7 Å². The van der Waals surface area contributed by atoms with E-state index in [0.717, 1.165) is 0 Å². The first-order valence-corrected chi connectivity index (χ1v) is 7.17. The molecule has 2 aromatic rings. The third kappa shape index (κ3) is 2.17. The van der Waals surface area contributed by atoms with E-state index in [9.17, 15) is 9.50 Å². The monoisotopic (exact) mass is 325 g/mol. The van der Waals surface area contributed by atoms with Crippen LogP contribution in [0.5, 0.6) is 0 Å². The average molecular weight is 325 g/mol. The van der Waals surface area contributed by atoms with E-state index in [1.807, 2.05) is 0 Å². The number of hydrogen-bond donors (Lipinski definition) is 2. The second kappa shape index (κ2) is 4.81. The van der Waals surface area contributed by atoms with Gasteiger partial charge in [-0.25, -0.2) is 4.98 Å². The quantitative estimate of drug-likeness (QED) is 0.738. The van der Waals surface area contributed by atoms with Crippen LogP contribution in [0.15, 0.2) is 6.33 Å². The van der Waals surface area contributed by atoms with Crippen LogP contribution >= 0.6 is 0 Å². The molecule has 10 heteroatoms. The molecule has 2 saturated heterocycles. The molecule has 0 amide bonds. The number of halogens is 1. The summed E-state index contributed by atoms with van der Waals surface area (Å²) in [6, 6.07) is 0. The van der Waals surface area contributed by atoms with Crippen LogP contribution in [0.1, 0.15) is 20.1 Å². The summed E-state index contributed by atoms with van der Waals surface area (Å²) in [5, 5.41) is 9.51. The molecule has 0 aliphatic carbocycles. The molecule has 2 fully saturated rings. The molecule has 9 nitrogen and oxygen atoms in total. The summed E-state index contributed by atoms with van der Waals surface area (Å²) in [6.45, 7) is 3.33. The number of hydrogen-bond acceptors (Lipinski definition) is 8. The Morgan fingerprint density at radius 2 is 2.09 bits per heavy atom. The van der Waals surface area contributed by atoms with Gasteiger partial charge in [0.25, 0.3) is 0 Å². The average Bonchev–Trinajstić information content (AvgIpc) is 3.09. The van der Waals surface area contributed by atoms with Crippen molar-refractivity contribution in [3.63, 3.8) is 0 Å². The first-order valence-electron chi connectivity index (χ1n) is 7.17. The van der Waals surface area contributed by atoms with Gasteiger partial charge in [-0.15, -0.1) is 0 Å². The van der Waals surface area contributed by atoms with Crippen molar-refractivity contribution in [1.82, 2.24) is 19.5 Å². The molecular weight excluding hydrogens is 309 g/mol. The molecule has 1 unspecified atom stereocenters. The predicted molar refractivity (Wildman–Crippen MR) is 74.5 cm³/mol. The van der Waals surface area contributed by atoms with Gasteiger partial charge in [-0.05, 0) is 13.8 Å². The highest BCUT2D eigenvalue weighted by Crippen LogP contribution is 2.43. The molecular formula is C13H16FN5O4. The second-order valence-electron chi connectivity index (χ2n) is 6.01. The standard InChI is InChI=1S/C13H16FN5O4/c1-13(2)22-7-5(3-20)21-11(8(7)23-13)19-4-16-6-9(15)17-12(14)18-10(6)19/h4-5,7-8,11,20H,3H2,1-2H3,(H2,15,17,18)/t5-,7-,8-,11?/m1/s1. The van der Waals surface area contributed by atoms with Gasteiger partial charge in [0.1, 0.15) is 18.3 Å². The van der Waals surface area contributed by atoms with E-state index < -0.39 is 36.4 Å². The third-order valence-corrected chi connectivity index (χ3v) is 4.00. The number of aliphatic hydroxyl groups is 1. The summed E-state index contributed by atoms with van der Waals surface area (Å²) >= 11 is 0. The number of rotatable bonds is 2. The van der Waals surface area contributed by atoms with E-state index in [1.54, 1.807) is 13.8 Å². The first kappa shape index (κ1) is 14.7. The molecule has 0 spiro atoms. The Kier molecular flexibility index (Phi) is 3.07. The maximum Gasteiger partial charge on any atom is 0.312 e. The summed E-state index contributed by atoms with van der Waals surface area (Å²) in [5.74, 6) is -0.858. The van der Waals surface area contributed by atoms with Crippen LogP contribution in [-0.4, -0.2) is 55.3 Å². The molecule has 0 bridgehead atoms. The fourth-order valence-corrected chi connectivity index (χ4v) is 3.13. The van der Waals surface area contributed by atoms with Crippen LogP contribution in [0.25, 0.3) is 11.2 Å². The van der Waals surface area contributed by atoms with Gasteiger partial charge in [0, 0.05) is 0 Å². The maximum atomic E-state index is 13.5. The summed E-state index contributed by atoms with van der Waals surface area (Å²) in [4.78, 5) is 11.3. The largest absolute Gasteiger partial charge is 0.394 e. The number of fused-ring (bicyclic) bond motifs is 2. The Labute approximate surface area is 130 Å². The molecule has 2 aliphatic heterocycles. The molecule has 4 atom stereocenters. The topological polar surface area (TPSA) is 118 Å². The minimum atomic E-state index is -0.950. The molecule has 23 heavy (non-hydrogen) atoms. The zero-order chi connectivity index (χ0) is 16.4. The SMILES string of the molecule is CC1(C)O[C@@H]2[C@@H](CO)OC(n3cnc4c(N)nc(F)nc43)[C@@H]2O1. The van der Waals surface area contributed by atoms with Crippen molar-refractivity contribution in [3.05, 3.63) is 12.4 Å². The van der Waals surface area contributed by atoms with Gasteiger partial charge in [-0.3, -0.25) is 4.57 Å². The van der Waals surface area contributed by atoms with E-state index in [0.29, 0.717) is 0 Å². The Morgan fingerprint density at radius 1 is 1.35 bits per heavy atom. The predicted octanol–water partition coefficient (Wildman–Crippen LogP) is -0.0426. The lowest BCUT2D eigenvalue weighted by atomic mass is 10.1. The molecule has 3 N–H and O–H groups in total. The Balaban J connectivity index is 1.79. The fourth-order valence-electron chi connectivity index (χ4n) is 3.13. The van der Waals surface area contributed by atoms with Gasteiger partial charge in [0.2, 0.25) is 0 Å². The van der Waals surface area contributed by atoms with Crippen LogP contribution in [0, 0.1) is 6.08 Å². The normalized spacial score (nSPS) is 32.5. The van der Waals surface area contributed by atoms with Gasteiger partial charge in [0.05, 0.1) is 12.9 Å². The molecule has 0 aromatic carbocycles. The maximum absolute atomic E-state index is 13.5. The number of nitrogen functional groups attached to an aromatic ring is 1. The van der Waals surface area contributed by atoms with Gasteiger partial charge in [-0.2, -0.15) is 14.4 Å². The van der Waals surface area contributed by atoms with Gasteiger partial charge in [0.15, 0.2) is 29.0 Å². The molecule has 2 aliphatic rings. The number of imidazole rings is 1. The van der Waals surface area contributed by atoms with E-state index in [1.165, 1.54) is 10.9 Å². The van der Waals surface area contributed by atoms with E-state index in [4.69, 9.17) is 19.9 Å². The van der Waals surface area contributed by atoms with Crippen LogP contribution in [0.2, 0.25) is 0 Å². The highest BCUT2D eigenvalue weighted by Gasteiger charge is 2.55. The lowest BCUT2D eigenvalue weighted by molar-refractivity contribution is -0.199. The van der Waals surface area contributed by atoms with Crippen molar-refractivity contribution in [2.75, 3.05) is 12.3 Å². The van der Waals surface area contributed by atoms with Crippen molar-refractivity contribution >= 4 is 17.0 Å². The Hall–Kier alpha value is -1.88. The van der Waals surface area contributed by atoms with Crippen molar-refractivity contribution in [3.8, 4) is 0 Å². The minimum Gasteiger partial charge on any atom is -0.394 e. The number of ether oxygens (including phenoxy) is 3. The summed E-state index contributed by atoms with van der Waals surface area (Å²) in [6.07, 6.45) is -1.68. The molecule has 124 valence electrons. The molecule has 0 saturated carbocycles. The highest BCUT2D eigenvalue weighted by atomic mass is 19.1. The lowest BCUT2D eigenvalue weighted by Gasteiger charge is -2.24. The lowest BCUT2D eigenvalue weighted by Crippen LogP contribution is -2.31. The van der Waals surface area contributed by atoms with Crippen molar-refractivity contribution in [2.24, 2.45) is 0 Å². The number of aromatic nitrogens is 4. The smallest absolute Gasteiger partial charge is 0.312 e. The van der Waals surface area contributed by atoms with Crippen LogP contribution in [0.3, 0.4) is 0 Å². The number of nitrogens with zero attached hydrogens (tertiary/aromatic N) is 4. The summed E-state index contributed by atoms with van der Waals surface area (Å²) in [5.41, 5.74) is 6.14. The number of anilines is 1. The van der Waals surface area contributed by atoms with Gasteiger partial charge >= 0.3 is 6.08 Å². The molecule has 2 aromatic heterocycles. The Morgan fingerprint density at radius 3 is 2.83 bits per heavy atom. The van der Waals surface area contributed by atoms with Crippen LogP contribution < -0.4 is 5.73 Å². The van der Waals surface area contributed by atoms with E-state index >= 15 is 0 Å². The second-order valence-corrected chi connectivity index (χ2v) is 6.01. The van der Waals surface area contributed by atoms with E-state index in [2.05, 4.69) is 15.0 Å². The van der Waals surface area contributed by atoms with Crippen LogP contribution in [0.4, 0.5) is 10.2 Å². The summed E-state index contributed by atoms with van der Waals surface area (Å²) in [7, 11) is 0. The van der Waals surface area contributed by atoms with Crippen LogP contribution in [-0.2, 0) is 14.2 Å². The zero-order valence-electron chi connectivity index (χ0n) is 12.5. The summed E-state index contributed by atoms with van der Waals surface area (Å²) < 4.78 is 32.5. The Bertz CT molecular complexity index is 766. The number of aliphatic hydroxyl groups excluding tert-OH is 1. The van der Waals surface area contributed by atoms with Crippen molar-refractivity contribution in [2.45, 2.75) is 44.2 Å². The first-order chi connectivity index (χ1) is 10.9. The molecule has 4 heterocycles. The zero-order valence-corrected chi connectivity index (χ0v) is 12.5.